The van der Waals surface area contributed by atoms with Gasteiger partial charge in [-0.05, 0) is 43.2 Å². The number of likely N-dealkylation sites (tertiary alicyclic amines) is 1. The molecule has 0 unspecified atom stereocenters. The molecular weight excluding hydrogens is 352 g/mol. The quantitative estimate of drug-likeness (QED) is 0.518. The maximum Gasteiger partial charge on any atom is 0.247 e. The lowest BCUT2D eigenvalue weighted by molar-refractivity contribution is -0.127. The Kier molecular flexibility index (Phi) is 4.05. The van der Waals surface area contributed by atoms with Crippen LogP contribution in [0.3, 0.4) is 0 Å². The average Bonchev–Trinajstić information content (AvgIpc) is 3.38. The highest BCUT2D eigenvalue weighted by Gasteiger charge is 2.32. The third kappa shape index (κ3) is 2.90. The Morgan fingerprint density at radius 1 is 1.07 bits per heavy atom. The smallest absolute Gasteiger partial charge is 0.247 e. The summed E-state index contributed by atoms with van der Waals surface area (Å²) in [5.41, 5.74) is 3.10. The highest BCUT2D eigenvalue weighted by Crippen LogP contribution is 2.31. The highest BCUT2D eigenvalue weighted by atomic mass is 16.2. The number of fused-ring (bicyclic) bond motifs is 2. The lowest BCUT2D eigenvalue weighted by Gasteiger charge is -2.22. The largest absolute Gasteiger partial charge is 0.329 e. The van der Waals surface area contributed by atoms with Crippen molar-refractivity contribution in [2.45, 2.75) is 18.9 Å². The zero-order chi connectivity index (χ0) is 18.9. The van der Waals surface area contributed by atoms with E-state index in [1.165, 1.54) is 0 Å². The van der Waals surface area contributed by atoms with Crippen LogP contribution in [0, 0.1) is 0 Å². The Balaban J connectivity index is 1.39. The van der Waals surface area contributed by atoms with Crippen molar-refractivity contribution in [2.24, 2.45) is 0 Å². The number of hydrogen-bond acceptors (Lipinski definition) is 5. The van der Waals surface area contributed by atoms with E-state index in [0.29, 0.717) is 12.2 Å². The standard InChI is InChI=1S/C21H18N6O/c28-20(11-10-15-14-22-16-6-1-2-7-17(16)23-15)26-13-5-8-18(26)21-25-24-19-9-3-4-12-27(19)21/h1-4,6-7,9-12,14,18H,5,8,13H2/b11-10-/t18-/m0/s1. The van der Waals surface area contributed by atoms with Crippen molar-refractivity contribution in [3.63, 3.8) is 0 Å². The molecule has 1 amide bonds. The number of hydrogen-bond donors (Lipinski definition) is 0. The molecule has 5 rings (SSSR count). The Morgan fingerprint density at radius 2 is 1.93 bits per heavy atom. The summed E-state index contributed by atoms with van der Waals surface area (Å²) >= 11 is 0. The first-order chi connectivity index (χ1) is 13.8. The molecule has 0 bridgehead atoms. The fourth-order valence-electron chi connectivity index (χ4n) is 3.69. The van der Waals surface area contributed by atoms with Crippen molar-refractivity contribution in [1.29, 1.82) is 0 Å². The van der Waals surface area contributed by atoms with Gasteiger partial charge in [-0.2, -0.15) is 0 Å². The molecule has 1 aliphatic rings. The Morgan fingerprint density at radius 3 is 2.86 bits per heavy atom. The van der Waals surface area contributed by atoms with Gasteiger partial charge >= 0.3 is 0 Å². The van der Waals surface area contributed by atoms with E-state index in [9.17, 15) is 4.79 Å². The zero-order valence-corrected chi connectivity index (χ0v) is 15.1. The number of rotatable bonds is 3. The molecule has 7 heteroatoms. The van der Waals surface area contributed by atoms with Crippen molar-refractivity contribution in [1.82, 2.24) is 29.5 Å². The predicted molar refractivity (Wildman–Crippen MR) is 105 cm³/mol. The van der Waals surface area contributed by atoms with Gasteiger partial charge in [-0.3, -0.25) is 14.2 Å². The van der Waals surface area contributed by atoms with Crippen LogP contribution in [0.15, 0.2) is 60.9 Å². The van der Waals surface area contributed by atoms with E-state index in [1.807, 2.05) is 58.0 Å². The molecular formula is C21H18N6O. The van der Waals surface area contributed by atoms with Crippen molar-refractivity contribution < 1.29 is 4.79 Å². The highest BCUT2D eigenvalue weighted by molar-refractivity contribution is 5.92. The van der Waals surface area contributed by atoms with Gasteiger partial charge in [-0.15, -0.1) is 10.2 Å². The number of pyridine rings is 1. The molecule has 1 fully saturated rings. The molecule has 0 N–H and O–H groups in total. The second-order valence-corrected chi connectivity index (χ2v) is 6.79. The van der Waals surface area contributed by atoms with Crippen LogP contribution in [-0.2, 0) is 4.79 Å². The lowest BCUT2D eigenvalue weighted by atomic mass is 10.2. The summed E-state index contributed by atoms with van der Waals surface area (Å²) in [7, 11) is 0. The van der Waals surface area contributed by atoms with Crippen LogP contribution in [0.2, 0.25) is 0 Å². The summed E-state index contributed by atoms with van der Waals surface area (Å²) < 4.78 is 1.95. The molecule has 4 heterocycles. The van der Waals surface area contributed by atoms with Gasteiger partial charge in [0.1, 0.15) is 0 Å². The molecule has 138 valence electrons. The van der Waals surface area contributed by atoms with E-state index in [-0.39, 0.29) is 11.9 Å². The summed E-state index contributed by atoms with van der Waals surface area (Å²) in [4.78, 5) is 23.6. The monoisotopic (exact) mass is 370 g/mol. The summed E-state index contributed by atoms with van der Waals surface area (Å²) in [6, 6.07) is 13.4. The summed E-state index contributed by atoms with van der Waals surface area (Å²) in [6.45, 7) is 0.707. The van der Waals surface area contributed by atoms with E-state index in [2.05, 4.69) is 20.2 Å². The molecule has 1 aromatic carbocycles. The maximum absolute atomic E-state index is 12.9. The van der Waals surface area contributed by atoms with Crippen LogP contribution in [0.25, 0.3) is 22.8 Å². The SMILES string of the molecule is O=C(/C=C\c1cnc2ccccc2n1)N1CCC[C@H]1c1nnc2ccccn12. The molecule has 0 aliphatic carbocycles. The van der Waals surface area contributed by atoms with Gasteiger partial charge in [-0.1, -0.05) is 18.2 Å². The molecule has 1 aliphatic heterocycles. The van der Waals surface area contributed by atoms with E-state index < -0.39 is 0 Å². The van der Waals surface area contributed by atoms with Crippen molar-refractivity contribution in [3.8, 4) is 0 Å². The van der Waals surface area contributed by atoms with E-state index in [1.54, 1.807) is 18.3 Å². The Labute approximate surface area is 161 Å². The molecule has 0 radical (unpaired) electrons. The summed E-state index contributed by atoms with van der Waals surface area (Å²) in [5, 5.41) is 8.55. The minimum absolute atomic E-state index is 0.0508. The first kappa shape index (κ1) is 16.6. The topological polar surface area (TPSA) is 76.3 Å². The van der Waals surface area contributed by atoms with Gasteiger partial charge in [0.25, 0.3) is 0 Å². The summed E-state index contributed by atoms with van der Waals surface area (Å²) in [5.74, 6) is 0.755. The third-order valence-corrected chi connectivity index (χ3v) is 5.04. The minimum atomic E-state index is -0.0720. The summed E-state index contributed by atoms with van der Waals surface area (Å²) in [6.07, 6.45) is 8.73. The van der Waals surface area contributed by atoms with Crippen LogP contribution in [0.1, 0.15) is 30.4 Å². The zero-order valence-electron chi connectivity index (χ0n) is 15.1. The van der Waals surface area contributed by atoms with Gasteiger partial charge < -0.3 is 4.90 Å². The van der Waals surface area contributed by atoms with Crippen molar-refractivity contribution in [3.05, 3.63) is 72.5 Å². The molecule has 0 saturated carbocycles. The fourth-order valence-corrected chi connectivity index (χ4v) is 3.69. The molecule has 7 nitrogen and oxygen atoms in total. The second kappa shape index (κ2) is 6.84. The molecule has 1 saturated heterocycles. The number of amides is 1. The van der Waals surface area contributed by atoms with Crippen molar-refractivity contribution >= 4 is 28.7 Å². The van der Waals surface area contributed by atoms with E-state index in [4.69, 9.17) is 0 Å². The Bertz CT molecular complexity index is 1200. The normalized spacial score (nSPS) is 17.1. The first-order valence-electron chi connectivity index (χ1n) is 9.30. The van der Waals surface area contributed by atoms with Gasteiger partial charge in [0.15, 0.2) is 11.5 Å². The van der Waals surface area contributed by atoms with Gasteiger partial charge in [-0.25, -0.2) is 4.98 Å². The van der Waals surface area contributed by atoms with Crippen LogP contribution in [0.4, 0.5) is 0 Å². The van der Waals surface area contributed by atoms with Crippen molar-refractivity contribution in [2.75, 3.05) is 6.54 Å². The molecule has 28 heavy (non-hydrogen) atoms. The maximum atomic E-state index is 12.9. The average molecular weight is 370 g/mol. The number of benzene rings is 1. The number of carbonyl (C=O) groups excluding carboxylic acids is 1. The number of carbonyl (C=O) groups is 1. The first-order valence-corrected chi connectivity index (χ1v) is 9.30. The molecule has 0 spiro atoms. The van der Waals surface area contributed by atoms with E-state index >= 15 is 0 Å². The molecule has 3 aromatic heterocycles. The number of nitrogens with zero attached hydrogens (tertiary/aromatic N) is 6. The van der Waals surface area contributed by atoms with Crippen LogP contribution in [0.5, 0.6) is 0 Å². The Hall–Kier alpha value is -3.61. The number of aromatic nitrogens is 5. The van der Waals surface area contributed by atoms with Crippen LogP contribution >= 0.6 is 0 Å². The number of para-hydroxylation sites is 2. The van der Waals surface area contributed by atoms with Crippen LogP contribution < -0.4 is 0 Å². The van der Waals surface area contributed by atoms with Gasteiger partial charge in [0, 0.05) is 18.8 Å². The lowest BCUT2D eigenvalue weighted by Crippen LogP contribution is -2.30. The van der Waals surface area contributed by atoms with Gasteiger partial charge in [0.2, 0.25) is 5.91 Å². The predicted octanol–water partition coefficient (Wildman–Crippen LogP) is 3.05. The van der Waals surface area contributed by atoms with Crippen LogP contribution in [-0.4, -0.2) is 41.9 Å². The van der Waals surface area contributed by atoms with Gasteiger partial charge in [0.05, 0.1) is 29.0 Å². The molecule has 4 aromatic rings. The second-order valence-electron chi connectivity index (χ2n) is 6.79. The van der Waals surface area contributed by atoms with E-state index in [0.717, 1.165) is 35.3 Å². The molecule has 1 atom stereocenters. The third-order valence-electron chi connectivity index (χ3n) is 5.04. The minimum Gasteiger partial charge on any atom is -0.329 e. The fraction of sp³-hybridized carbons (Fsp3) is 0.190.